The number of carbonyl (C=O) groups excluding carboxylic acids is 1. The molecular weight excluding hydrogens is 472 g/mol. The van der Waals surface area contributed by atoms with Crippen molar-refractivity contribution in [1.82, 2.24) is 4.90 Å². The summed E-state index contributed by atoms with van der Waals surface area (Å²) >= 11 is 0. The number of carbonyl (C=O) groups is 1. The minimum atomic E-state index is -4.55. The highest BCUT2D eigenvalue weighted by Crippen LogP contribution is 2.50. The molecule has 14 nitrogen and oxygen atoms in total. The highest BCUT2D eigenvalue weighted by molar-refractivity contribution is 7.47. The van der Waals surface area contributed by atoms with Gasteiger partial charge in [0.05, 0.1) is 24.7 Å². The molecule has 2 rings (SSSR count). The molecule has 7 atom stereocenters. The first-order valence-electron chi connectivity index (χ1n) is 9.97. The number of rotatable bonds is 10. The molecule has 0 bridgehead atoms. The SMILES string of the molecule is CC(C)OP(=O)(O)OC[C@H]1O[C@@H](N2C(=O)N=C(N)C(C)C2O)C[C@H]1OP(=O)(O)OC(C)C. The predicted molar refractivity (Wildman–Crippen MR) is 110 cm³/mol. The lowest BCUT2D eigenvalue weighted by atomic mass is 10.1. The maximum atomic E-state index is 12.3. The van der Waals surface area contributed by atoms with Crippen molar-refractivity contribution >= 4 is 27.5 Å². The van der Waals surface area contributed by atoms with Gasteiger partial charge in [-0.05, 0) is 27.7 Å². The van der Waals surface area contributed by atoms with E-state index >= 15 is 0 Å². The average Bonchev–Trinajstić information content (AvgIpc) is 2.97. The van der Waals surface area contributed by atoms with Crippen LogP contribution in [-0.4, -0.2) is 75.1 Å². The van der Waals surface area contributed by atoms with Gasteiger partial charge in [-0.15, -0.1) is 0 Å². The third-order valence-corrected chi connectivity index (χ3v) is 6.88. The lowest BCUT2D eigenvalue weighted by Gasteiger charge is -2.37. The first kappa shape index (κ1) is 27.3. The van der Waals surface area contributed by atoms with Crippen molar-refractivity contribution in [3.05, 3.63) is 0 Å². The van der Waals surface area contributed by atoms with Gasteiger partial charge in [0.1, 0.15) is 30.5 Å². The molecule has 0 saturated carbocycles. The second kappa shape index (κ2) is 10.6. The van der Waals surface area contributed by atoms with Crippen LogP contribution in [0.4, 0.5) is 4.79 Å². The predicted octanol–water partition coefficient (Wildman–Crippen LogP) is 1.30. The molecule has 5 N–H and O–H groups in total. The van der Waals surface area contributed by atoms with E-state index in [4.69, 9.17) is 28.6 Å². The number of nitrogens with two attached hydrogens (primary N) is 1. The minimum Gasteiger partial charge on any atom is -0.387 e. The third kappa shape index (κ3) is 7.29. The smallest absolute Gasteiger partial charge is 0.387 e. The Balaban J connectivity index is 2.21. The summed E-state index contributed by atoms with van der Waals surface area (Å²) in [7, 11) is -9.02. The normalized spacial score (nSPS) is 32.8. The van der Waals surface area contributed by atoms with E-state index in [0.29, 0.717) is 0 Å². The van der Waals surface area contributed by atoms with Gasteiger partial charge in [-0.3, -0.25) is 23.0 Å². The van der Waals surface area contributed by atoms with Gasteiger partial charge in [0.15, 0.2) is 0 Å². The van der Waals surface area contributed by atoms with Crippen LogP contribution in [0.2, 0.25) is 0 Å². The summed E-state index contributed by atoms with van der Waals surface area (Å²) in [5.41, 5.74) is 5.64. The number of hydrogen-bond donors (Lipinski definition) is 4. The summed E-state index contributed by atoms with van der Waals surface area (Å²) in [5, 5.41) is 10.5. The number of aliphatic imine (C=N–C) groups is 1. The monoisotopic (exact) mass is 503 g/mol. The molecule has 2 aliphatic heterocycles. The summed E-state index contributed by atoms with van der Waals surface area (Å²) in [6, 6.07) is -0.875. The fourth-order valence-electron chi connectivity index (χ4n) is 3.13. The standard InChI is InChI=1S/C16H31N3O11P2/c1-8(2)28-31(22,23)26-7-12-11(30-32(24,25)29-9(3)4)6-13(27-12)19-15(20)10(5)14(17)18-16(19)21/h8-13,15,20H,6-7H2,1-5H3,(H,22,23)(H,24,25)(H2,17,18,21)/t10?,11-,12-,13-,15?/m1/s1. The second-order valence-electron chi connectivity index (χ2n) is 7.98. The van der Waals surface area contributed by atoms with E-state index < -0.39 is 71.1 Å². The Hall–Kier alpha value is -0.920. The summed E-state index contributed by atoms with van der Waals surface area (Å²) < 4.78 is 49.9. The number of phosphoric ester groups is 2. The maximum absolute atomic E-state index is 12.3. The Morgan fingerprint density at radius 2 is 1.75 bits per heavy atom. The van der Waals surface area contributed by atoms with Gasteiger partial charge < -0.3 is 25.4 Å². The quantitative estimate of drug-likeness (QED) is 0.312. The second-order valence-corrected chi connectivity index (χ2v) is 10.7. The van der Waals surface area contributed by atoms with Gasteiger partial charge in [0.2, 0.25) is 0 Å². The molecule has 1 saturated heterocycles. The van der Waals surface area contributed by atoms with Gasteiger partial charge in [-0.25, -0.2) is 13.9 Å². The molecule has 1 fully saturated rings. The number of ether oxygens (including phenoxy) is 1. The van der Waals surface area contributed by atoms with Crippen LogP contribution >= 0.6 is 15.6 Å². The molecule has 0 radical (unpaired) electrons. The number of nitrogens with zero attached hydrogens (tertiary/aromatic N) is 2. The Morgan fingerprint density at radius 3 is 2.31 bits per heavy atom. The first-order chi connectivity index (χ1) is 14.6. The molecular formula is C16H31N3O11P2. The van der Waals surface area contributed by atoms with E-state index in [9.17, 15) is 28.8 Å². The number of phosphoric acid groups is 2. The summed E-state index contributed by atoms with van der Waals surface area (Å²) in [6.45, 7) is 7.08. The van der Waals surface area contributed by atoms with Crippen LogP contribution in [0.1, 0.15) is 41.0 Å². The largest absolute Gasteiger partial charge is 0.472 e. The van der Waals surface area contributed by atoms with E-state index in [1.165, 1.54) is 27.7 Å². The average molecular weight is 503 g/mol. The minimum absolute atomic E-state index is 0.0540. The van der Waals surface area contributed by atoms with Crippen LogP contribution in [-0.2, 0) is 32.0 Å². The fourth-order valence-corrected chi connectivity index (χ4v) is 5.20. The molecule has 0 spiro atoms. The first-order valence-corrected chi connectivity index (χ1v) is 13.0. The third-order valence-electron chi connectivity index (χ3n) is 4.49. The number of urea groups is 1. The van der Waals surface area contributed by atoms with Crippen LogP contribution < -0.4 is 5.73 Å². The molecule has 0 aromatic carbocycles. The Morgan fingerprint density at radius 1 is 1.19 bits per heavy atom. The van der Waals surface area contributed by atoms with Crippen molar-refractivity contribution in [2.45, 2.75) is 77.9 Å². The lowest BCUT2D eigenvalue weighted by molar-refractivity contribution is -0.117. The number of aliphatic hydroxyl groups is 1. The van der Waals surface area contributed by atoms with Crippen LogP contribution in [0.5, 0.6) is 0 Å². The van der Waals surface area contributed by atoms with Crippen LogP contribution in [0.15, 0.2) is 4.99 Å². The Bertz CT molecular complexity index is 808. The van der Waals surface area contributed by atoms with Gasteiger partial charge in [0.25, 0.3) is 0 Å². The van der Waals surface area contributed by atoms with Crippen molar-refractivity contribution < 1.29 is 51.6 Å². The molecule has 0 aromatic heterocycles. The number of amides is 2. The van der Waals surface area contributed by atoms with Crippen molar-refractivity contribution in [2.75, 3.05) is 6.61 Å². The molecule has 0 aliphatic carbocycles. The van der Waals surface area contributed by atoms with Crippen molar-refractivity contribution in [3.63, 3.8) is 0 Å². The van der Waals surface area contributed by atoms with Gasteiger partial charge in [-0.2, -0.15) is 4.99 Å². The number of aliphatic hydroxyl groups excluding tert-OH is 1. The summed E-state index contributed by atoms with van der Waals surface area (Å²) in [6.07, 6.45) is -6.37. The molecule has 186 valence electrons. The van der Waals surface area contributed by atoms with Gasteiger partial charge >= 0.3 is 21.7 Å². The van der Waals surface area contributed by atoms with E-state index in [1.807, 2.05) is 0 Å². The Kier molecular flexibility index (Phi) is 9.02. The van der Waals surface area contributed by atoms with Gasteiger partial charge in [-0.1, -0.05) is 6.92 Å². The summed E-state index contributed by atoms with van der Waals surface area (Å²) in [4.78, 5) is 36.7. The highest BCUT2D eigenvalue weighted by atomic mass is 31.2. The molecule has 2 aliphatic rings. The van der Waals surface area contributed by atoms with Crippen LogP contribution in [0.25, 0.3) is 0 Å². The molecule has 4 unspecified atom stereocenters. The topological polar surface area (TPSA) is 200 Å². The molecule has 2 heterocycles. The van der Waals surface area contributed by atoms with Crippen molar-refractivity contribution in [1.29, 1.82) is 0 Å². The van der Waals surface area contributed by atoms with Crippen LogP contribution in [0.3, 0.4) is 0 Å². The zero-order valence-electron chi connectivity index (χ0n) is 18.4. The van der Waals surface area contributed by atoms with Crippen molar-refractivity contribution in [3.8, 4) is 0 Å². The number of amidine groups is 1. The maximum Gasteiger partial charge on any atom is 0.472 e. The Labute approximate surface area is 185 Å². The fraction of sp³-hybridized carbons (Fsp3) is 0.875. The highest BCUT2D eigenvalue weighted by Gasteiger charge is 2.48. The van der Waals surface area contributed by atoms with Crippen molar-refractivity contribution in [2.24, 2.45) is 16.6 Å². The van der Waals surface area contributed by atoms with E-state index in [0.717, 1.165) is 4.90 Å². The van der Waals surface area contributed by atoms with Crippen LogP contribution in [0, 0.1) is 5.92 Å². The molecule has 16 heteroatoms. The molecule has 32 heavy (non-hydrogen) atoms. The zero-order chi connectivity index (χ0) is 24.4. The number of hydrogen-bond acceptors (Lipinski definition) is 10. The van der Waals surface area contributed by atoms with E-state index in [-0.39, 0.29) is 12.3 Å². The van der Waals surface area contributed by atoms with Gasteiger partial charge in [0, 0.05) is 6.42 Å². The summed E-state index contributed by atoms with van der Waals surface area (Å²) in [5.74, 6) is -0.752. The molecule has 2 amide bonds. The zero-order valence-corrected chi connectivity index (χ0v) is 20.2. The van der Waals surface area contributed by atoms with E-state index in [1.54, 1.807) is 6.92 Å². The molecule has 0 aromatic rings. The van der Waals surface area contributed by atoms with E-state index in [2.05, 4.69) is 4.99 Å². The lowest BCUT2D eigenvalue weighted by Crippen LogP contribution is -2.55.